The number of rotatable bonds is 4. The molecule has 142 valence electrons. The van der Waals surface area contributed by atoms with Crippen LogP contribution < -0.4 is 14.8 Å². The molecule has 2 aromatic rings. The fourth-order valence-corrected chi connectivity index (χ4v) is 3.54. The van der Waals surface area contributed by atoms with E-state index in [1.165, 1.54) is 12.1 Å². The van der Waals surface area contributed by atoms with Crippen LogP contribution in [0.15, 0.2) is 36.4 Å². The molecule has 27 heavy (non-hydrogen) atoms. The van der Waals surface area contributed by atoms with Gasteiger partial charge >= 0.3 is 0 Å². The highest BCUT2D eigenvalue weighted by atomic mass is 19.1. The van der Waals surface area contributed by atoms with Gasteiger partial charge < -0.3 is 24.6 Å². The molecule has 2 aliphatic heterocycles. The molecule has 0 fully saturated rings. The summed E-state index contributed by atoms with van der Waals surface area (Å²) in [6, 6.07) is 10.2. The fourth-order valence-electron chi connectivity index (χ4n) is 3.54. The molecule has 2 aromatic carbocycles. The first-order chi connectivity index (χ1) is 13.1. The van der Waals surface area contributed by atoms with Crippen LogP contribution in [-0.2, 0) is 29.0 Å². The predicted molar refractivity (Wildman–Crippen MR) is 94.0 cm³/mol. The fraction of sp³-hybridized carbons (Fsp3) is 0.350. The van der Waals surface area contributed by atoms with E-state index in [1.807, 2.05) is 24.3 Å². The molecule has 2 heterocycles. The lowest BCUT2D eigenvalue weighted by atomic mass is 9.89. The molecule has 0 radical (unpaired) electrons. The van der Waals surface area contributed by atoms with Gasteiger partial charge in [-0.25, -0.2) is 4.39 Å². The molecular weight excluding hydrogens is 353 g/mol. The number of aliphatic hydroxyl groups excluding tert-OH is 1. The molecule has 2 N–H and O–H groups in total. The van der Waals surface area contributed by atoms with Crippen LogP contribution >= 0.6 is 0 Å². The maximum atomic E-state index is 13.9. The van der Waals surface area contributed by atoms with Crippen LogP contribution in [0.25, 0.3) is 0 Å². The number of aliphatic hydroxyl groups is 1. The topological polar surface area (TPSA) is 77.0 Å². The van der Waals surface area contributed by atoms with Crippen molar-refractivity contribution < 1.29 is 28.5 Å². The van der Waals surface area contributed by atoms with Gasteiger partial charge in [-0.3, -0.25) is 4.79 Å². The molecule has 0 saturated carbocycles. The van der Waals surface area contributed by atoms with Gasteiger partial charge in [-0.2, -0.15) is 0 Å². The number of halogens is 1. The van der Waals surface area contributed by atoms with E-state index in [4.69, 9.17) is 14.2 Å². The van der Waals surface area contributed by atoms with Crippen LogP contribution in [-0.4, -0.2) is 36.6 Å². The summed E-state index contributed by atoms with van der Waals surface area (Å²) in [4.78, 5) is 12.7. The lowest BCUT2D eigenvalue weighted by Crippen LogP contribution is -2.58. The summed E-state index contributed by atoms with van der Waals surface area (Å²) in [5, 5.41) is 12.8. The highest BCUT2D eigenvalue weighted by Crippen LogP contribution is 2.31. The van der Waals surface area contributed by atoms with Crippen molar-refractivity contribution in [2.45, 2.75) is 25.0 Å². The third-order valence-corrected chi connectivity index (χ3v) is 4.82. The monoisotopic (exact) mass is 373 g/mol. The largest absolute Gasteiger partial charge is 0.491 e. The van der Waals surface area contributed by atoms with Gasteiger partial charge in [0.1, 0.15) is 29.5 Å². The molecular formula is C20H20FNO5. The normalized spacial score (nSPS) is 20.7. The number of benzene rings is 2. The van der Waals surface area contributed by atoms with E-state index in [1.54, 1.807) is 0 Å². The van der Waals surface area contributed by atoms with Crippen molar-refractivity contribution in [2.24, 2.45) is 0 Å². The Morgan fingerprint density at radius 3 is 2.93 bits per heavy atom. The molecule has 0 aliphatic carbocycles. The Balaban J connectivity index is 1.52. The number of ether oxygens (including phenoxy) is 3. The van der Waals surface area contributed by atoms with Crippen molar-refractivity contribution >= 4 is 5.91 Å². The van der Waals surface area contributed by atoms with Gasteiger partial charge in [0.25, 0.3) is 0 Å². The Labute approximate surface area is 155 Å². The van der Waals surface area contributed by atoms with E-state index >= 15 is 0 Å². The molecule has 0 saturated heterocycles. The minimum atomic E-state index is -0.914. The van der Waals surface area contributed by atoms with Crippen molar-refractivity contribution in [3.05, 3.63) is 58.9 Å². The minimum absolute atomic E-state index is 0.0660. The van der Waals surface area contributed by atoms with E-state index < -0.39 is 11.4 Å². The molecule has 0 bridgehead atoms. The lowest BCUT2D eigenvalue weighted by Gasteiger charge is -2.37. The average molecular weight is 373 g/mol. The Hall–Kier alpha value is -2.64. The van der Waals surface area contributed by atoms with E-state index in [0.29, 0.717) is 23.3 Å². The Morgan fingerprint density at radius 2 is 2.07 bits per heavy atom. The zero-order chi connectivity index (χ0) is 18.9. The van der Waals surface area contributed by atoms with E-state index in [9.17, 15) is 14.3 Å². The first kappa shape index (κ1) is 17.8. The van der Waals surface area contributed by atoms with Crippen molar-refractivity contribution in [2.75, 3.05) is 20.0 Å². The van der Waals surface area contributed by atoms with E-state index in [0.717, 1.165) is 11.3 Å². The van der Waals surface area contributed by atoms with Gasteiger partial charge in [-0.15, -0.1) is 0 Å². The third-order valence-electron chi connectivity index (χ3n) is 4.82. The molecule has 1 atom stereocenters. The predicted octanol–water partition coefficient (Wildman–Crippen LogP) is 1.72. The zero-order valence-corrected chi connectivity index (χ0v) is 14.7. The second-order valence-corrected chi connectivity index (χ2v) is 6.90. The standard InChI is InChI=1S/C20H20FNO5/c21-16-5-14(19-15(6-16)9-25-12-27-19)7-18(24)22-20(10-23)8-13-3-1-2-4-17(13)26-11-20/h1-6,23H,7-12H2,(H,22,24). The number of carbonyl (C=O) groups is 1. The van der Waals surface area contributed by atoms with Crippen molar-refractivity contribution in [3.63, 3.8) is 0 Å². The SMILES string of the molecule is O=C(Cc1cc(F)cc2c1OCOC2)NC1(CO)COc2ccccc2C1. The molecule has 2 aliphatic rings. The van der Waals surface area contributed by atoms with Gasteiger partial charge in [0.05, 0.1) is 19.6 Å². The summed E-state index contributed by atoms with van der Waals surface area (Å²) in [6.45, 7) is 0.210. The summed E-state index contributed by atoms with van der Waals surface area (Å²) in [5.74, 6) is 0.455. The maximum absolute atomic E-state index is 13.9. The molecule has 0 aromatic heterocycles. The van der Waals surface area contributed by atoms with E-state index in [2.05, 4.69) is 5.32 Å². The van der Waals surface area contributed by atoms with Gasteiger partial charge in [-0.05, 0) is 23.8 Å². The number of hydrogen-bond acceptors (Lipinski definition) is 5. The second kappa shape index (κ2) is 7.17. The number of nitrogens with one attached hydrogen (secondary N) is 1. The average Bonchev–Trinajstić information content (AvgIpc) is 2.67. The smallest absolute Gasteiger partial charge is 0.225 e. The maximum Gasteiger partial charge on any atom is 0.225 e. The first-order valence-electron chi connectivity index (χ1n) is 8.73. The summed E-state index contributed by atoms with van der Waals surface area (Å²) in [7, 11) is 0. The quantitative estimate of drug-likeness (QED) is 0.853. The van der Waals surface area contributed by atoms with Gasteiger partial charge in [0.2, 0.25) is 5.91 Å². The Kier molecular flexibility index (Phi) is 4.72. The Bertz CT molecular complexity index is 871. The van der Waals surface area contributed by atoms with Gasteiger partial charge in [0.15, 0.2) is 6.79 Å². The van der Waals surface area contributed by atoms with Crippen molar-refractivity contribution in [3.8, 4) is 11.5 Å². The molecule has 6 nitrogen and oxygen atoms in total. The highest BCUT2D eigenvalue weighted by Gasteiger charge is 2.37. The van der Waals surface area contributed by atoms with Crippen LogP contribution in [0.1, 0.15) is 16.7 Å². The second-order valence-electron chi connectivity index (χ2n) is 6.90. The number of amides is 1. The van der Waals surface area contributed by atoms with Crippen molar-refractivity contribution in [1.82, 2.24) is 5.32 Å². The molecule has 0 spiro atoms. The zero-order valence-electron chi connectivity index (χ0n) is 14.7. The highest BCUT2D eigenvalue weighted by molar-refractivity contribution is 5.80. The Morgan fingerprint density at radius 1 is 1.22 bits per heavy atom. The van der Waals surface area contributed by atoms with Crippen LogP contribution in [0.3, 0.4) is 0 Å². The van der Waals surface area contributed by atoms with Gasteiger partial charge in [-0.1, -0.05) is 18.2 Å². The first-order valence-corrected chi connectivity index (χ1v) is 8.73. The lowest BCUT2D eigenvalue weighted by molar-refractivity contribution is -0.123. The van der Waals surface area contributed by atoms with Crippen LogP contribution in [0.2, 0.25) is 0 Å². The van der Waals surface area contributed by atoms with Gasteiger partial charge in [0, 0.05) is 17.5 Å². The van der Waals surface area contributed by atoms with Crippen LogP contribution in [0.4, 0.5) is 4.39 Å². The summed E-state index contributed by atoms with van der Waals surface area (Å²) >= 11 is 0. The number of hydrogen-bond donors (Lipinski definition) is 2. The number of fused-ring (bicyclic) bond motifs is 2. The molecule has 1 amide bonds. The van der Waals surface area contributed by atoms with Crippen LogP contribution in [0, 0.1) is 5.82 Å². The number of carbonyl (C=O) groups excluding carboxylic acids is 1. The van der Waals surface area contributed by atoms with Crippen LogP contribution in [0.5, 0.6) is 11.5 Å². The number of para-hydroxylation sites is 1. The minimum Gasteiger partial charge on any atom is -0.491 e. The molecule has 1 unspecified atom stereocenters. The van der Waals surface area contributed by atoms with Crippen molar-refractivity contribution in [1.29, 1.82) is 0 Å². The third kappa shape index (κ3) is 3.61. The molecule has 4 rings (SSSR count). The molecule has 7 heteroatoms. The van der Waals surface area contributed by atoms with E-state index in [-0.39, 0.29) is 38.9 Å². The summed E-state index contributed by atoms with van der Waals surface area (Å²) in [5.41, 5.74) is 1.04. The summed E-state index contributed by atoms with van der Waals surface area (Å²) in [6.07, 6.45) is 0.389. The summed E-state index contributed by atoms with van der Waals surface area (Å²) < 4.78 is 30.2.